The van der Waals surface area contributed by atoms with E-state index in [0.29, 0.717) is 31.5 Å². The van der Waals surface area contributed by atoms with E-state index < -0.39 is 0 Å². The summed E-state index contributed by atoms with van der Waals surface area (Å²) < 4.78 is 5.18. The van der Waals surface area contributed by atoms with Crippen molar-refractivity contribution in [1.29, 1.82) is 0 Å². The van der Waals surface area contributed by atoms with Gasteiger partial charge in [0.1, 0.15) is 0 Å². The second kappa shape index (κ2) is 7.07. The summed E-state index contributed by atoms with van der Waals surface area (Å²) in [4.78, 5) is 14.8. The van der Waals surface area contributed by atoms with Crippen molar-refractivity contribution in [2.24, 2.45) is 5.92 Å². The standard InChI is InChI=1S/C16H27N3O2/c1-11-5-6-14(9-11)19(7-8-21-4)16(20)10-15-12(2)17-18-13(15)3/h11,14H,5-10H2,1-4H3,(H,17,18)/t11-,14-/m0/s1. The van der Waals surface area contributed by atoms with E-state index in [2.05, 4.69) is 17.1 Å². The molecule has 1 heterocycles. The summed E-state index contributed by atoms with van der Waals surface area (Å²) in [5.41, 5.74) is 2.95. The topological polar surface area (TPSA) is 58.2 Å². The minimum absolute atomic E-state index is 0.193. The van der Waals surface area contributed by atoms with Crippen LogP contribution in [0.1, 0.15) is 43.1 Å². The number of nitrogens with zero attached hydrogens (tertiary/aromatic N) is 2. The van der Waals surface area contributed by atoms with Gasteiger partial charge in [-0.05, 0) is 39.0 Å². The first-order chi connectivity index (χ1) is 10.0. The van der Waals surface area contributed by atoms with E-state index >= 15 is 0 Å². The van der Waals surface area contributed by atoms with Crippen LogP contribution >= 0.6 is 0 Å². The smallest absolute Gasteiger partial charge is 0.227 e. The Labute approximate surface area is 127 Å². The molecule has 0 spiro atoms. The van der Waals surface area contributed by atoms with Crippen molar-refractivity contribution in [2.45, 2.75) is 52.5 Å². The van der Waals surface area contributed by atoms with Gasteiger partial charge in [0, 0.05) is 31.0 Å². The van der Waals surface area contributed by atoms with Gasteiger partial charge in [0.05, 0.1) is 18.7 Å². The molecule has 0 aliphatic heterocycles. The average Bonchev–Trinajstić information content (AvgIpc) is 3.00. The van der Waals surface area contributed by atoms with Crippen LogP contribution in [-0.2, 0) is 16.0 Å². The lowest BCUT2D eigenvalue weighted by Gasteiger charge is -2.29. The van der Waals surface area contributed by atoms with Gasteiger partial charge in [-0.1, -0.05) is 6.92 Å². The number of carbonyl (C=O) groups excluding carboxylic acids is 1. The SMILES string of the molecule is COCCN(C(=O)Cc1c(C)n[nH]c1C)[C@H]1CC[C@H](C)C1. The summed E-state index contributed by atoms with van der Waals surface area (Å²) in [5, 5.41) is 7.14. The number of H-pyrrole nitrogens is 1. The fraction of sp³-hybridized carbons (Fsp3) is 0.750. The van der Waals surface area contributed by atoms with Gasteiger partial charge >= 0.3 is 0 Å². The molecule has 1 saturated carbocycles. The Balaban J connectivity index is 2.07. The lowest BCUT2D eigenvalue weighted by Crippen LogP contribution is -2.42. The highest BCUT2D eigenvalue weighted by Crippen LogP contribution is 2.29. The zero-order valence-corrected chi connectivity index (χ0v) is 13.6. The molecule has 0 unspecified atom stereocenters. The Hall–Kier alpha value is -1.36. The molecule has 1 fully saturated rings. The Bertz CT molecular complexity index is 464. The molecule has 2 rings (SSSR count). The molecule has 0 aromatic carbocycles. The van der Waals surface area contributed by atoms with Crippen LogP contribution in [0.3, 0.4) is 0 Å². The quantitative estimate of drug-likeness (QED) is 0.875. The van der Waals surface area contributed by atoms with Gasteiger partial charge in [-0.15, -0.1) is 0 Å². The molecule has 0 radical (unpaired) electrons. The molecule has 1 aliphatic rings. The number of aromatic amines is 1. The third kappa shape index (κ3) is 3.84. The number of rotatable bonds is 6. The van der Waals surface area contributed by atoms with E-state index in [0.717, 1.165) is 29.8 Å². The maximum Gasteiger partial charge on any atom is 0.227 e. The van der Waals surface area contributed by atoms with Gasteiger partial charge in [-0.25, -0.2) is 0 Å². The number of aromatic nitrogens is 2. The largest absolute Gasteiger partial charge is 0.383 e. The van der Waals surface area contributed by atoms with Crippen molar-refractivity contribution >= 4 is 5.91 Å². The lowest BCUT2D eigenvalue weighted by atomic mass is 10.1. The highest BCUT2D eigenvalue weighted by atomic mass is 16.5. The molecule has 21 heavy (non-hydrogen) atoms. The maximum atomic E-state index is 12.7. The first-order valence-electron chi connectivity index (χ1n) is 7.81. The van der Waals surface area contributed by atoms with Crippen LogP contribution in [0.25, 0.3) is 0 Å². The van der Waals surface area contributed by atoms with E-state index in [1.165, 1.54) is 6.42 Å². The van der Waals surface area contributed by atoms with Crippen molar-refractivity contribution in [3.8, 4) is 0 Å². The number of carbonyl (C=O) groups is 1. The van der Waals surface area contributed by atoms with E-state index in [9.17, 15) is 4.79 Å². The van der Waals surface area contributed by atoms with Crippen LogP contribution in [0.5, 0.6) is 0 Å². The number of aryl methyl sites for hydroxylation is 2. The van der Waals surface area contributed by atoms with E-state index in [1.54, 1.807) is 7.11 Å². The molecule has 0 bridgehead atoms. The van der Waals surface area contributed by atoms with Crippen LogP contribution < -0.4 is 0 Å². The molecule has 1 N–H and O–H groups in total. The second-order valence-electron chi connectivity index (χ2n) is 6.24. The predicted molar refractivity (Wildman–Crippen MR) is 82.2 cm³/mol. The van der Waals surface area contributed by atoms with Crippen molar-refractivity contribution in [3.05, 3.63) is 17.0 Å². The normalized spacial score (nSPS) is 21.7. The van der Waals surface area contributed by atoms with E-state index in [-0.39, 0.29) is 5.91 Å². The van der Waals surface area contributed by atoms with Crippen molar-refractivity contribution in [1.82, 2.24) is 15.1 Å². The summed E-state index contributed by atoms with van der Waals surface area (Å²) in [6.45, 7) is 7.47. The predicted octanol–water partition coefficient (Wildman–Crippen LogP) is 2.23. The van der Waals surface area contributed by atoms with Gasteiger partial charge in [-0.3, -0.25) is 9.89 Å². The summed E-state index contributed by atoms with van der Waals surface area (Å²) in [6.07, 6.45) is 3.87. The molecule has 1 aliphatic carbocycles. The Morgan fingerprint density at radius 2 is 2.19 bits per heavy atom. The number of amides is 1. The van der Waals surface area contributed by atoms with Crippen molar-refractivity contribution < 1.29 is 9.53 Å². The zero-order valence-electron chi connectivity index (χ0n) is 13.6. The van der Waals surface area contributed by atoms with Crippen LogP contribution in [0.4, 0.5) is 0 Å². The minimum atomic E-state index is 0.193. The molecule has 1 aromatic rings. The molecular formula is C16H27N3O2. The van der Waals surface area contributed by atoms with Gasteiger partial charge in [0.2, 0.25) is 5.91 Å². The number of hydrogen-bond acceptors (Lipinski definition) is 3. The number of ether oxygens (including phenoxy) is 1. The third-order valence-corrected chi connectivity index (χ3v) is 4.57. The zero-order chi connectivity index (χ0) is 15.4. The van der Waals surface area contributed by atoms with Gasteiger partial charge < -0.3 is 9.64 Å². The van der Waals surface area contributed by atoms with Crippen LogP contribution in [-0.4, -0.2) is 47.3 Å². The van der Waals surface area contributed by atoms with Crippen molar-refractivity contribution in [3.63, 3.8) is 0 Å². The van der Waals surface area contributed by atoms with Crippen LogP contribution in [0, 0.1) is 19.8 Å². The fourth-order valence-electron chi connectivity index (χ4n) is 3.25. The molecular weight excluding hydrogens is 266 g/mol. The van der Waals surface area contributed by atoms with Gasteiger partial charge in [0.15, 0.2) is 0 Å². The molecule has 118 valence electrons. The number of methoxy groups -OCH3 is 1. The molecule has 1 aromatic heterocycles. The van der Waals surface area contributed by atoms with Gasteiger partial charge in [-0.2, -0.15) is 5.10 Å². The maximum absolute atomic E-state index is 12.7. The lowest BCUT2D eigenvalue weighted by molar-refractivity contribution is -0.133. The first kappa shape index (κ1) is 16.0. The Morgan fingerprint density at radius 3 is 2.71 bits per heavy atom. The summed E-state index contributed by atoms with van der Waals surface area (Å²) in [7, 11) is 1.68. The van der Waals surface area contributed by atoms with Crippen LogP contribution in [0.15, 0.2) is 0 Å². The average molecular weight is 293 g/mol. The summed E-state index contributed by atoms with van der Waals surface area (Å²) in [6, 6.07) is 0.371. The van der Waals surface area contributed by atoms with E-state index in [4.69, 9.17) is 4.74 Å². The first-order valence-corrected chi connectivity index (χ1v) is 7.81. The van der Waals surface area contributed by atoms with Crippen molar-refractivity contribution in [2.75, 3.05) is 20.3 Å². The molecule has 5 heteroatoms. The number of nitrogens with one attached hydrogen (secondary N) is 1. The number of hydrogen-bond donors (Lipinski definition) is 1. The van der Waals surface area contributed by atoms with Crippen LogP contribution in [0.2, 0.25) is 0 Å². The molecule has 1 amide bonds. The molecule has 5 nitrogen and oxygen atoms in total. The van der Waals surface area contributed by atoms with Gasteiger partial charge in [0.25, 0.3) is 0 Å². The van der Waals surface area contributed by atoms with E-state index in [1.807, 2.05) is 18.7 Å². The third-order valence-electron chi connectivity index (χ3n) is 4.57. The fourth-order valence-corrected chi connectivity index (χ4v) is 3.25. The Morgan fingerprint density at radius 1 is 1.43 bits per heavy atom. The highest BCUT2D eigenvalue weighted by molar-refractivity contribution is 5.79. The molecule has 0 saturated heterocycles. The monoisotopic (exact) mass is 293 g/mol. The Kier molecular flexibility index (Phi) is 5.39. The minimum Gasteiger partial charge on any atom is -0.383 e. The summed E-state index contributed by atoms with van der Waals surface area (Å²) >= 11 is 0. The second-order valence-corrected chi connectivity index (χ2v) is 6.24. The summed E-state index contributed by atoms with van der Waals surface area (Å²) in [5.74, 6) is 0.906. The highest BCUT2D eigenvalue weighted by Gasteiger charge is 2.30. The molecule has 2 atom stereocenters.